The fourth-order valence-corrected chi connectivity index (χ4v) is 1.81. The van der Waals surface area contributed by atoms with Gasteiger partial charge in [0.2, 0.25) is 0 Å². The molecule has 0 heterocycles. The first-order valence-corrected chi connectivity index (χ1v) is 7.05. The molecule has 0 radical (unpaired) electrons. The van der Waals surface area contributed by atoms with Crippen LogP contribution in [0.1, 0.15) is 44.5 Å². The van der Waals surface area contributed by atoms with Crippen molar-refractivity contribution >= 4 is 17.3 Å². The molecule has 0 saturated heterocycles. The van der Waals surface area contributed by atoms with E-state index in [-0.39, 0.29) is 17.0 Å². The lowest BCUT2D eigenvalue weighted by atomic mass is 9.92. The molecule has 116 valence electrons. The van der Waals surface area contributed by atoms with Crippen molar-refractivity contribution in [3.63, 3.8) is 0 Å². The zero-order valence-corrected chi connectivity index (χ0v) is 13.0. The van der Waals surface area contributed by atoms with Crippen LogP contribution in [0, 0.1) is 15.5 Å². The first-order valence-electron chi connectivity index (χ1n) is 7.05. The number of anilines is 1. The van der Waals surface area contributed by atoms with Crippen molar-refractivity contribution in [2.24, 2.45) is 5.41 Å². The van der Waals surface area contributed by atoms with E-state index in [0.29, 0.717) is 24.3 Å². The van der Waals surface area contributed by atoms with Gasteiger partial charge in [-0.2, -0.15) is 0 Å². The van der Waals surface area contributed by atoms with Crippen LogP contribution in [-0.2, 0) is 0 Å². The van der Waals surface area contributed by atoms with Crippen molar-refractivity contribution in [1.29, 1.82) is 0 Å². The zero-order valence-electron chi connectivity index (χ0n) is 13.0. The molecule has 0 fully saturated rings. The third kappa shape index (κ3) is 5.41. The summed E-state index contributed by atoms with van der Waals surface area (Å²) in [5.41, 5.74) is 0.817. The van der Waals surface area contributed by atoms with E-state index >= 15 is 0 Å². The summed E-state index contributed by atoms with van der Waals surface area (Å²) in [6.45, 7) is 9.27. The normalized spacial score (nSPS) is 11.0. The van der Waals surface area contributed by atoms with Gasteiger partial charge in [-0.3, -0.25) is 14.9 Å². The molecule has 1 aromatic rings. The van der Waals surface area contributed by atoms with Crippen LogP contribution in [0.4, 0.5) is 11.4 Å². The van der Waals surface area contributed by atoms with Crippen LogP contribution in [0.25, 0.3) is 0 Å². The van der Waals surface area contributed by atoms with Crippen LogP contribution < -0.4 is 10.6 Å². The fraction of sp³-hybridized carbons (Fsp3) is 0.533. The van der Waals surface area contributed by atoms with Crippen molar-refractivity contribution < 1.29 is 9.72 Å². The minimum absolute atomic E-state index is 0.0762. The molecule has 0 atom stereocenters. The number of hydrogen-bond acceptors (Lipinski definition) is 4. The molecule has 1 aromatic carbocycles. The van der Waals surface area contributed by atoms with Gasteiger partial charge in [-0.05, 0) is 30.9 Å². The van der Waals surface area contributed by atoms with E-state index in [1.807, 2.05) is 0 Å². The average Bonchev–Trinajstić information content (AvgIpc) is 2.37. The minimum atomic E-state index is -0.470. The summed E-state index contributed by atoms with van der Waals surface area (Å²) in [4.78, 5) is 22.4. The first kappa shape index (κ1) is 16.9. The molecule has 0 bridgehead atoms. The highest BCUT2D eigenvalue weighted by Crippen LogP contribution is 2.26. The Bertz CT molecular complexity index is 521. The van der Waals surface area contributed by atoms with E-state index < -0.39 is 4.92 Å². The summed E-state index contributed by atoms with van der Waals surface area (Å²) >= 11 is 0. The van der Waals surface area contributed by atoms with Gasteiger partial charge < -0.3 is 10.6 Å². The third-order valence-corrected chi connectivity index (χ3v) is 2.98. The number of amides is 1. The third-order valence-electron chi connectivity index (χ3n) is 2.98. The van der Waals surface area contributed by atoms with Crippen LogP contribution >= 0.6 is 0 Å². The van der Waals surface area contributed by atoms with Gasteiger partial charge >= 0.3 is 0 Å². The van der Waals surface area contributed by atoms with Gasteiger partial charge in [-0.1, -0.05) is 20.8 Å². The molecule has 0 aliphatic rings. The fourth-order valence-electron chi connectivity index (χ4n) is 1.81. The Labute approximate surface area is 125 Å². The van der Waals surface area contributed by atoms with Crippen LogP contribution in [0.5, 0.6) is 0 Å². The highest BCUT2D eigenvalue weighted by molar-refractivity contribution is 5.95. The predicted octanol–water partition coefficient (Wildman–Crippen LogP) is 3.19. The van der Waals surface area contributed by atoms with Crippen molar-refractivity contribution in [3.8, 4) is 0 Å². The average molecular weight is 293 g/mol. The standard InChI is InChI=1S/C15H23N3O3/c1-5-16-14(19)11-6-7-12(13(10-11)18(20)21)17-9-8-15(2,3)4/h6-7,10,17H,5,8-9H2,1-4H3,(H,16,19). The second kappa shape index (κ2) is 7.06. The van der Waals surface area contributed by atoms with E-state index in [4.69, 9.17) is 0 Å². The molecular weight excluding hydrogens is 270 g/mol. The van der Waals surface area contributed by atoms with Crippen molar-refractivity contribution in [3.05, 3.63) is 33.9 Å². The zero-order chi connectivity index (χ0) is 16.0. The number of nitrogens with zero attached hydrogens (tertiary/aromatic N) is 1. The largest absolute Gasteiger partial charge is 0.379 e. The number of carbonyl (C=O) groups is 1. The van der Waals surface area contributed by atoms with Gasteiger partial charge in [0.25, 0.3) is 11.6 Å². The van der Waals surface area contributed by atoms with E-state index in [0.717, 1.165) is 6.42 Å². The first-order chi connectivity index (χ1) is 9.74. The number of carbonyl (C=O) groups excluding carboxylic acids is 1. The molecule has 0 unspecified atom stereocenters. The van der Waals surface area contributed by atoms with E-state index in [9.17, 15) is 14.9 Å². The number of nitro groups is 1. The maximum absolute atomic E-state index is 11.7. The van der Waals surface area contributed by atoms with Gasteiger partial charge in [0.05, 0.1) is 4.92 Å². The predicted molar refractivity (Wildman–Crippen MR) is 83.7 cm³/mol. The van der Waals surface area contributed by atoms with Crippen molar-refractivity contribution in [2.75, 3.05) is 18.4 Å². The van der Waals surface area contributed by atoms with Crippen LogP contribution in [0.2, 0.25) is 0 Å². The van der Waals surface area contributed by atoms with Crippen LogP contribution in [0.3, 0.4) is 0 Å². The summed E-state index contributed by atoms with van der Waals surface area (Å²) in [5, 5.41) is 16.9. The Kier molecular flexibility index (Phi) is 5.69. The molecular formula is C15H23N3O3. The molecule has 0 spiro atoms. The van der Waals surface area contributed by atoms with Crippen molar-refractivity contribution in [1.82, 2.24) is 5.32 Å². The lowest BCUT2D eigenvalue weighted by Gasteiger charge is -2.18. The Morgan fingerprint density at radius 2 is 2.00 bits per heavy atom. The molecule has 6 heteroatoms. The second-order valence-electron chi connectivity index (χ2n) is 6.09. The van der Waals surface area contributed by atoms with E-state index in [1.54, 1.807) is 19.1 Å². The molecule has 0 aliphatic heterocycles. The van der Waals surface area contributed by atoms with Crippen molar-refractivity contribution in [2.45, 2.75) is 34.1 Å². The molecule has 2 N–H and O–H groups in total. The molecule has 0 aromatic heterocycles. The molecule has 21 heavy (non-hydrogen) atoms. The Morgan fingerprint density at radius 3 is 2.52 bits per heavy atom. The minimum Gasteiger partial charge on any atom is -0.379 e. The van der Waals surface area contributed by atoms with Gasteiger partial charge in [-0.25, -0.2) is 0 Å². The molecule has 1 amide bonds. The van der Waals surface area contributed by atoms with Gasteiger partial charge in [0.1, 0.15) is 5.69 Å². The molecule has 0 aliphatic carbocycles. The molecule has 6 nitrogen and oxygen atoms in total. The Balaban J connectivity index is 2.90. The van der Waals surface area contributed by atoms with Crippen LogP contribution in [-0.4, -0.2) is 23.9 Å². The van der Waals surface area contributed by atoms with E-state index in [2.05, 4.69) is 31.4 Å². The summed E-state index contributed by atoms with van der Waals surface area (Å²) in [6.07, 6.45) is 0.891. The lowest BCUT2D eigenvalue weighted by Crippen LogP contribution is -2.22. The van der Waals surface area contributed by atoms with Crippen LogP contribution in [0.15, 0.2) is 18.2 Å². The summed E-state index contributed by atoms with van der Waals surface area (Å²) < 4.78 is 0. The Morgan fingerprint density at radius 1 is 1.33 bits per heavy atom. The molecule has 1 rings (SSSR count). The number of nitro benzene ring substituents is 1. The number of benzene rings is 1. The quantitative estimate of drug-likeness (QED) is 0.623. The number of rotatable bonds is 6. The van der Waals surface area contributed by atoms with Gasteiger partial charge in [-0.15, -0.1) is 0 Å². The maximum atomic E-state index is 11.7. The Hall–Kier alpha value is -2.11. The number of hydrogen-bond donors (Lipinski definition) is 2. The monoisotopic (exact) mass is 293 g/mol. The second-order valence-corrected chi connectivity index (χ2v) is 6.09. The maximum Gasteiger partial charge on any atom is 0.293 e. The highest BCUT2D eigenvalue weighted by Gasteiger charge is 2.18. The summed E-state index contributed by atoms with van der Waals surface area (Å²) in [5.74, 6) is -0.304. The number of nitrogens with one attached hydrogen (secondary N) is 2. The molecule has 0 saturated carbocycles. The summed E-state index contributed by atoms with van der Waals surface area (Å²) in [6, 6.07) is 4.49. The van der Waals surface area contributed by atoms with Gasteiger partial charge in [0, 0.05) is 24.7 Å². The SMILES string of the molecule is CCNC(=O)c1ccc(NCCC(C)(C)C)c([N+](=O)[O-])c1. The van der Waals surface area contributed by atoms with Gasteiger partial charge in [0.15, 0.2) is 0 Å². The smallest absolute Gasteiger partial charge is 0.293 e. The topological polar surface area (TPSA) is 84.3 Å². The highest BCUT2D eigenvalue weighted by atomic mass is 16.6. The van der Waals surface area contributed by atoms with E-state index in [1.165, 1.54) is 6.07 Å². The summed E-state index contributed by atoms with van der Waals surface area (Å²) in [7, 11) is 0. The lowest BCUT2D eigenvalue weighted by molar-refractivity contribution is -0.384.